The summed E-state index contributed by atoms with van der Waals surface area (Å²) in [5, 5.41) is 0.235. The summed E-state index contributed by atoms with van der Waals surface area (Å²) in [7, 11) is -3.11. The van der Waals surface area contributed by atoms with Crippen LogP contribution in [-0.4, -0.2) is 26.1 Å². The lowest BCUT2D eigenvalue weighted by molar-refractivity contribution is 0.395. The smallest absolute Gasteiger partial charge is 0.211 e. The number of halogens is 1. The van der Waals surface area contributed by atoms with Gasteiger partial charge in [0.2, 0.25) is 10.0 Å². The van der Waals surface area contributed by atoms with Crippen LogP contribution in [0.3, 0.4) is 0 Å². The Bertz CT molecular complexity index is 335. The molecule has 0 amide bonds. The van der Waals surface area contributed by atoms with E-state index in [2.05, 4.69) is 25.5 Å². The van der Waals surface area contributed by atoms with Crippen LogP contribution in [0.5, 0.6) is 0 Å². The predicted octanol–water partition coefficient (Wildman–Crippen LogP) is 2.75. The quantitative estimate of drug-likeness (QED) is 0.788. The molecule has 0 aromatic carbocycles. The summed E-state index contributed by atoms with van der Waals surface area (Å²) >= 11 is 6.00. The molecule has 17 heavy (non-hydrogen) atoms. The van der Waals surface area contributed by atoms with Gasteiger partial charge < -0.3 is 0 Å². The molecule has 0 aliphatic heterocycles. The van der Waals surface area contributed by atoms with E-state index in [1.807, 2.05) is 0 Å². The highest BCUT2D eigenvalue weighted by molar-refractivity contribution is 7.89. The summed E-state index contributed by atoms with van der Waals surface area (Å²) < 4.78 is 26.3. The Balaban J connectivity index is 2.30. The first-order chi connectivity index (χ1) is 7.68. The third-order valence-corrected chi connectivity index (χ3v) is 4.93. The van der Waals surface area contributed by atoms with Crippen molar-refractivity contribution in [2.24, 2.45) is 11.3 Å². The lowest BCUT2D eigenvalue weighted by Gasteiger charge is -2.18. The molecule has 102 valence electrons. The van der Waals surface area contributed by atoms with Crippen LogP contribution in [0.15, 0.2) is 0 Å². The summed E-state index contributed by atoms with van der Waals surface area (Å²) in [5.74, 6) is 0.634. The van der Waals surface area contributed by atoms with Crippen LogP contribution < -0.4 is 4.72 Å². The van der Waals surface area contributed by atoms with Crippen molar-refractivity contribution in [3.05, 3.63) is 0 Å². The normalized spacial score (nSPS) is 26.4. The lowest BCUT2D eigenvalue weighted by Crippen LogP contribution is -2.32. The van der Waals surface area contributed by atoms with E-state index >= 15 is 0 Å². The molecule has 3 nitrogen and oxygen atoms in total. The Morgan fingerprint density at radius 1 is 1.29 bits per heavy atom. The van der Waals surface area contributed by atoms with Crippen LogP contribution in [0.2, 0.25) is 0 Å². The molecule has 1 aliphatic carbocycles. The molecule has 2 unspecified atom stereocenters. The summed E-state index contributed by atoms with van der Waals surface area (Å²) in [4.78, 5) is 0. The Labute approximate surface area is 110 Å². The number of alkyl halides is 1. The van der Waals surface area contributed by atoms with E-state index in [4.69, 9.17) is 11.6 Å². The van der Waals surface area contributed by atoms with E-state index < -0.39 is 10.0 Å². The average molecular weight is 282 g/mol. The van der Waals surface area contributed by atoms with Gasteiger partial charge in [-0.3, -0.25) is 0 Å². The first-order valence-electron chi connectivity index (χ1n) is 6.29. The van der Waals surface area contributed by atoms with Crippen molar-refractivity contribution in [1.29, 1.82) is 0 Å². The Morgan fingerprint density at radius 3 is 2.41 bits per heavy atom. The van der Waals surface area contributed by atoms with Crippen molar-refractivity contribution in [2.75, 3.05) is 12.3 Å². The molecule has 1 saturated carbocycles. The molecular formula is C12H24ClNO2S. The molecule has 0 saturated heterocycles. The van der Waals surface area contributed by atoms with E-state index in [9.17, 15) is 8.42 Å². The molecule has 0 spiro atoms. The van der Waals surface area contributed by atoms with Crippen molar-refractivity contribution >= 4 is 21.6 Å². The zero-order valence-electron chi connectivity index (χ0n) is 11.0. The highest BCUT2D eigenvalue weighted by Gasteiger charge is 2.24. The fourth-order valence-electron chi connectivity index (χ4n) is 1.96. The van der Waals surface area contributed by atoms with Gasteiger partial charge in [0.1, 0.15) is 0 Å². The summed E-state index contributed by atoms with van der Waals surface area (Å²) in [6.07, 6.45) is 3.67. The third-order valence-electron chi connectivity index (χ3n) is 3.19. The minimum Gasteiger partial charge on any atom is -0.215 e. The van der Waals surface area contributed by atoms with Crippen molar-refractivity contribution in [2.45, 2.75) is 51.8 Å². The van der Waals surface area contributed by atoms with Crippen LogP contribution in [0, 0.1) is 11.3 Å². The van der Waals surface area contributed by atoms with Crippen molar-refractivity contribution in [3.63, 3.8) is 0 Å². The number of hydrogen-bond acceptors (Lipinski definition) is 2. The number of rotatable bonds is 5. The second kappa shape index (κ2) is 5.89. The second-order valence-corrected chi connectivity index (χ2v) is 8.80. The van der Waals surface area contributed by atoms with E-state index in [0.29, 0.717) is 18.9 Å². The monoisotopic (exact) mass is 281 g/mol. The summed E-state index contributed by atoms with van der Waals surface area (Å²) in [5.41, 5.74) is 0.0589. The van der Waals surface area contributed by atoms with E-state index in [0.717, 1.165) is 19.3 Å². The van der Waals surface area contributed by atoms with Crippen LogP contribution in [0.25, 0.3) is 0 Å². The lowest BCUT2D eigenvalue weighted by atomic mass is 9.94. The molecule has 2 atom stereocenters. The zero-order valence-corrected chi connectivity index (χ0v) is 12.6. The molecular weight excluding hydrogens is 258 g/mol. The van der Waals surface area contributed by atoms with Gasteiger partial charge in [0.05, 0.1) is 5.75 Å². The van der Waals surface area contributed by atoms with E-state index in [1.165, 1.54) is 0 Å². The van der Waals surface area contributed by atoms with Gasteiger partial charge in [-0.05, 0) is 37.0 Å². The fraction of sp³-hybridized carbons (Fsp3) is 1.00. The Kier molecular flexibility index (Phi) is 5.29. The minimum atomic E-state index is -3.11. The van der Waals surface area contributed by atoms with Crippen LogP contribution in [0.4, 0.5) is 0 Å². The average Bonchev–Trinajstić information content (AvgIpc) is 2.58. The van der Waals surface area contributed by atoms with Gasteiger partial charge in [-0.25, -0.2) is 13.1 Å². The van der Waals surface area contributed by atoms with Crippen LogP contribution in [0.1, 0.15) is 46.5 Å². The molecule has 1 aliphatic rings. The van der Waals surface area contributed by atoms with Gasteiger partial charge in [-0.1, -0.05) is 20.8 Å². The summed E-state index contributed by atoms with van der Waals surface area (Å²) in [6.45, 7) is 6.71. The molecule has 0 aromatic rings. The topological polar surface area (TPSA) is 46.2 Å². The maximum atomic E-state index is 11.8. The maximum Gasteiger partial charge on any atom is 0.211 e. The van der Waals surface area contributed by atoms with Crippen molar-refractivity contribution in [1.82, 2.24) is 4.72 Å². The Hall–Kier alpha value is 0.200. The first kappa shape index (κ1) is 15.3. The Morgan fingerprint density at radius 2 is 1.94 bits per heavy atom. The molecule has 1 rings (SSSR count). The van der Waals surface area contributed by atoms with Gasteiger partial charge in [0.25, 0.3) is 0 Å². The molecule has 5 heteroatoms. The maximum absolute atomic E-state index is 11.8. The largest absolute Gasteiger partial charge is 0.215 e. The third kappa shape index (κ3) is 6.63. The van der Waals surface area contributed by atoms with Gasteiger partial charge >= 0.3 is 0 Å². The zero-order chi connectivity index (χ0) is 13.1. The number of hydrogen-bond donors (Lipinski definition) is 1. The highest BCUT2D eigenvalue weighted by atomic mass is 35.5. The molecule has 0 radical (unpaired) electrons. The first-order valence-corrected chi connectivity index (χ1v) is 8.38. The molecule has 0 heterocycles. The second-order valence-electron chi connectivity index (χ2n) is 6.25. The minimum absolute atomic E-state index is 0.0589. The van der Waals surface area contributed by atoms with Gasteiger partial charge in [-0.15, -0.1) is 11.6 Å². The number of sulfonamides is 1. The van der Waals surface area contributed by atoms with Gasteiger partial charge in [0, 0.05) is 11.9 Å². The molecule has 1 fully saturated rings. The van der Waals surface area contributed by atoms with E-state index in [1.54, 1.807) is 0 Å². The van der Waals surface area contributed by atoms with Gasteiger partial charge in [-0.2, -0.15) is 0 Å². The van der Waals surface area contributed by atoms with Crippen molar-refractivity contribution in [3.8, 4) is 0 Å². The highest BCUT2D eigenvalue weighted by Crippen LogP contribution is 2.29. The SMILES string of the molecule is CC(C)(C)CCS(=O)(=O)NCC1CCC(Cl)C1. The number of nitrogens with one attached hydrogen (secondary N) is 1. The van der Waals surface area contributed by atoms with Crippen molar-refractivity contribution < 1.29 is 8.42 Å². The summed E-state index contributed by atoms with van der Waals surface area (Å²) in [6, 6.07) is 0. The molecule has 0 aromatic heterocycles. The molecule has 0 bridgehead atoms. The van der Waals surface area contributed by atoms with Gasteiger partial charge in [0.15, 0.2) is 0 Å². The standard InChI is InChI=1S/C12H24ClNO2S/c1-12(2,3)6-7-17(15,16)14-9-10-4-5-11(13)8-10/h10-11,14H,4-9H2,1-3H3. The predicted molar refractivity (Wildman–Crippen MR) is 72.8 cm³/mol. The van der Waals surface area contributed by atoms with Crippen LogP contribution >= 0.6 is 11.6 Å². The molecule has 1 N–H and O–H groups in total. The fourth-order valence-corrected chi connectivity index (χ4v) is 3.85. The van der Waals surface area contributed by atoms with E-state index in [-0.39, 0.29) is 16.5 Å². The van der Waals surface area contributed by atoms with Crippen LogP contribution in [-0.2, 0) is 10.0 Å².